The average Bonchev–Trinajstić information content (AvgIpc) is 2.79. The number of hydrazine groups is 1. The third-order valence-electron chi connectivity index (χ3n) is 3.19. The third kappa shape index (κ3) is 2.46. The molecule has 0 atom stereocenters. The Morgan fingerprint density at radius 2 is 1.77 bits per heavy atom. The predicted octanol–water partition coefficient (Wildman–Crippen LogP) is 2.94. The van der Waals surface area contributed by atoms with Crippen LogP contribution in [0.2, 0.25) is 5.02 Å². The first kappa shape index (κ1) is 14.3. The number of nitrogens with one attached hydrogen (secondary N) is 1. The highest BCUT2D eigenvalue weighted by atomic mass is 35.5. The van der Waals surface area contributed by atoms with Crippen LogP contribution in [0.5, 0.6) is 0 Å². The molecule has 110 valence electrons. The van der Waals surface area contributed by atoms with Crippen molar-refractivity contribution in [3.05, 3.63) is 70.5 Å². The Bertz CT molecular complexity index is 770. The highest BCUT2D eigenvalue weighted by molar-refractivity contribution is 6.34. The highest BCUT2D eigenvalue weighted by Crippen LogP contribution is 2.25. The molecule has 1 aliphatic rings. The lowest BCUT2D eigenvalue weighted by Gasteiger charge is -2.13. The minimum Gasteiger partial charge on any atom is -0.267 e. The molecule has 2 aromatic carbocycles. The molecular weight excluding hydrogens is 307 g/mol. The standard InChI is InChI=1S/C16H10ClFN2O2/c17-13-7-4-8-14(18)11(13)9-12-15(21)19-20(16(12)22)10-5-2-1-3-6-10/h1-9H,(H,19,21). The van der Waals surface area contributed by atoms with Gasteiger partial charge >= 0.3 is 0 Å². The number of nitrogens with zero attached hydrogens (tertiary/aromatic N) is 1. The summed E-state index contributed by atoms with van der Waals surface area (Å²) in [5, 5.41) is 1.24. The van der Waals surface area contributed by atoms with Gasteiger partial charge in [0.1, 0.15) is 11.4 Å². The Morgan fingerprint density at radius 3 is 2.45 bits per heavy atom. The van der Waals surface area contributed by atoms with Crippen LogP contribution in [0.1, 0.15) is 5.56 Å². The van der Waals surface area contributed by atoms with E-state index in [1.54, 1.807) is 30.3 Å². The van der Waals surface area contributed by atoms with Crippen LogP contribution in [0.15, 0.2) is 54.1 Å². The second-order valence-electron chi connectivity index (χ2n) is 4.61. The Kier molecular flexibility index (Phi) is 3.65. The Morgan fingerprint density at radius 1 is 1.05 bits per heavy atom. The van der Waals surface area contributed by atoms with Crippen molar-refractivity contribution >= 4 is 35.2 Å². The van der Waals surface area contributed by atoms with Crippen LogP contribution in [0.4, 0.5) is 10.1 Å². The van der Waals surface area contributed by atoms with Crippen molar-refractivity contribution in [3.63, 3.8) is 0 Å². The first-order valence-corrected chi connectivity index (χ1v) is 6.82. The van der Waals surface area contributed by atoms with Crippen molar-refractivity contribution in [1.29, 1.82) is 0 Å². The summed E-state index contributed by atoms with van der Waals surface area (Å²) < 4.78 is 13.8. The normalized spacial score (nSPS) is 16.3. The number of benzene rings is 2. The molecule has 3 rings (SSSR count). The molecule has 0 unspecified atom stereocenters. The van der Waals surface area contributed by atoms with Gasteiger partial charge in [-0.05, 0) is 30.3 Å². The lowest BCUT2D eigenvalue weighted by molar-refractivity contribution is -0.117. The van der Waals surface area contributed by atoms with E-state index in [4.69, 9.17) is 11.6 Å². The average molecular weight is 317 g/mol. The molecule has 1 heterocycles. The van der Waals surface area contributed by atoms with Crippen molar-refractivity contribution in [2.24, 2.45) is 0 Å². The molecule has 1 N–H and O–H groups in total. The number of carbonyl (C=O) groups is 2. The molecule has 0 radical (unpaired) electrons. The summed E-state index contributed by atoms with van der Waals surface area (Å²) in [7, 11) is 0. The van der Waals surface area contributed by atoms with Crippen LogP contribution >= 0.6 is 11.6 Å². The lowest BCUT2D eigenvalue weighted by Crippen LogP contribution is -2.35. The zero-order valence-electron chi connectivity index (χ0n) is 11.2. The topological polar surface area (TPSA) is 49.4 Å². The van der Waals surface area contributed by atoms with E-state index in [-0.39, 0.29) is 16.2 Å². The zero-order chi connectivity index (χ0) is 15.7. The Hall–Kier alpha value is -2.66. The second-order valence-corrected chi connectivity index (χ2v) is 5.02. The van der Waals surface area contributed by atoms with E-state index in [0.717, 1.165) is 11.1 Å². The van der Waals surface area contributed by atoms with Crippen molar-refractivity contribution in [2.75, 3.05) is 5.01 Å². The van der Waals surface area contributed by atoms with E-state index in [0.29, 0.717) is 5.69 Å². The minimum atomic E-state index is -0.604. The summed E-state index contributed by atoms with van der Waals surface area (Å²) in [4.78, 5) is 24.3. The van der Waals surface area contributed by atoms with Gasteiger partial charge < -0.3 is 0 Å². The fourth-order valence-electron chi connectivity index (χ4n) is 2.11. The van der Waals surface area contributed by atoms with Gasteiger partial charge in [-0.3, -0.25) is 15.0 Å². The van der Waals surface area contributed by atoms with Crippen LogP contribution in [0, 0.1) is 5.82 Å². The summed E-state index contributed by atoms with van der Waals surface area (Å²) in [6.45, 7) is 0. The number of hydrogen-bond donors (Lipinski definition) is 1. The first-order chi connectivity index (χ1) is 10.6. The second kappa shape index (κ2) is 5.61. The number of amides is 2. The molecule has 22 heavy (non-hydrogen) atoms. The quantitative estimate of drug-likeness (QED) is 0.684. The van der Waals surface area contributed by atoms with Gasteiger partial charge in [0, 0.05) is 5.56 Å². The predicted molar refractivity (Wildman–Crippen MR) is 81.5 cm³/mol. The van der Waals surface area contributed by atoms with Gasteiger partial charge in [0.15, 0.2) is 0 Å². The van der Waals surface area contributed by atoms with Crippen molar-refractivity contribution in [1.82, 2.24) is 5.43 Å². The highest BCUT2D eigenvalue weighted by Gasteiger charge is 2.34. The number of rotatable bonds is 2. The molecule has 6 heteroatoms. The largest absolute Gasteiger partial charge is 0.282 e. The van der Waals surface area contributed by atoms with E-state index in [2.05, 4.69) is 5.43 Å². The van der Waals surface area contributed by atoms with E-state index in [9.17, 15) is 14.0 Å². The van der Waals surface area contributed by atoms with Gasteiger partial charge in [-0.25, -0.2) is 9.40 Å². The molecular formula is C16H10ClFN2O2. The molecule has 0 saturated carbocycles. The van der Waals surface area contributed by atoms with Crippen LogP contribution in [0.25, 0.3) is 6.08 Å². The Labute approximate surface area is 130 Å². The van der Waals surface area contributed by atoms with Crippen LogP contribution in [-0.2, 0) is 9.59 Å². The van der Waals surface area contributed by atoms with Crippen LogP contribution < -0.4 is 10.4 Å². The fourth-order valence-corrected chi connectivity index (χ4v) is 2.33. The summed E-state index contributed by atoms with van der Waals surface area (Å²) >= 11 is 5.92. The van der Waals surface area contributed by atoms with Crippen molar-refractivity contribution in [2.45, 2.75) is 0 Å². The molecule has 2 aromatic rings. The summed E-state index contributed by atoms with van der Waals surface area (Å²) in [6.07, 6.45) is 1.16. The summed E-state index contributed by atoms with van der Waals surface area (Å²) in [5.74, 6) is -1.76. The van der Waals surface area contributed by atoms with Gasteiger partial charge in [-0.15, -0.1) is 0 Å². The van der Waals surface area contributed by atoms with E-state index in [1.165, 1.54) is 18.2 Å². The van der Waals surface area contributed by atoms with Gasteiger partial charge in [0.25, 0.3) is 11.8 Å². The Balaban J connectivity index is 2.01. The SMILES string of the molecule is O=C1NN(c2ccccc2)C(=O)C1=Cc1c(F)cccc1Cl. The fraction of sp³-hybridized carbons (Fsp3) is 0. The van der Waals surface area contributed by atoms with Gasteiger partial charge in [-0.2, -0.15) is 0 Å². The maximum absolute atomic E-state index is 13.8. The smallest absolute Gasteiger partial charge is 0.267 e. The summed E-state index contributed by atoms with van der Waals surface area (Å²) in [5.41, 5.74) is 2.80. The molecule has 2 amide bonds. The molecule has 0 aliphatic carbocycles. The number of anilines is 1. The first-order valence-electron chi connectivity index (χ1n) is 6.44. The molecule has 1 saturated heterocycles. The lowest BCUT2D eigenvalue weighted by atomic mass is 10.1. The third-order valence-corrected chi connectivity index (χ3v) is 3.52. The number of halogens is 2. The molecule has 0 spiro atoms. The van der Waals surface area contributed by atoms with E-state index < -0.39 is 17.6 Å². The van der Waals surface area contributed by atoms with E-state index >= 15 is 0 Å². The molecule has 1 fully saturated rings. The number of carbonyl (C=O) groups excluding carboxylic acids is 2. The number of hydrogen-bond acceptors (Lipinski definition) is 2. The van der Waals surface area contributed by atoms with Crippen molar-refractivity contribution < 1.29 is 14.0 Å². The number of para-hydroxylation sites is 1. The van der Waals surface area contributed by atoms with Gasteiger partial charge in [0.2, 0.25) is 0 Å². The van der Waals surface area contributed by atoms with E-state index in [1.807, 2.05) is 0 Å². The van der Waals surface area contributed by atoms with Crippen LogP contribution in [0.3, 0.4) is 0 Å². The molecule has 0 bridgehead atoms. The summed E-state index contributed by atoms with van der Waals surface area (Å²) in [6, 6.07) is 12.8. The monoisotopic (exact) mass is 316 g/mol. The molecule has 0 aromatic heterocycles. The van der Waals surface area contributed by atoms with Crippen molar-refractivity contribution in [3.8, 4) is 0 Å². The maximum Gasteiger partial charge on any atom is 0.282 e. The zero-order valence-corrected chi connectivity index (χ0v) is 12.0. The molecule has 4 nitrogen and oxygen atoms in total. The van der Waals surface area contributed by atoms with Gasteiger partial charge in [0.05, 0.1) is 10.7 Å². The minimum absolute atomic E-state index is 0.0116. The molecule has 1 aliphatic heterocycles. The van der Waals surface area contributed by atoms with Crippen LogP contribution in [-0.4, -0.2) is 11.8 Å². The maximum atomic E-state index is 13.8. The van der Waals surface area contributed by atoms with Gasteiger partial charge in [-0.1, -0.05) is 35.9 Å².